The van der Waals surface area contributed by atoms with Crippen LogP contribution in [-0.2, 0) is 16.1 Å². The smallest absolute Gasteiger partial charge is 0.312 e. The summed E-state index contributed by atoms with van der Waals surface area (Å²) in [6, 6.07) is 7.67. The van der Waals surface area contributed by atoms with Crippen LogP contribution >= 0.6 is 0 Å². The fourth-order valence-corrected chi connectivity index (χ4v) is 4.93. The Morgan fingerprint density at radius 1 is 1.24 bits per heavy atom. The number of methoxy groups -OCH3 is 1. The highest BCUT2D eigenvalue weighted by molar-refractivity contribution is 6.35. The topological polar surface area (TPSA) is 58.6 Å². The third-order valence-corrected chi connectivity index (χ3v) is 5.50. The van der Waals surface area contributed by atoms with E-state index in [0.29, 0.717) is 12.3 Å². The number of para-hydroxylation sites is 1. The lowest BCUT2D eigenvalue weighted by molar-refractivity contribution is -0.146. The third-order valence-electron chi connectivity index (χ3n) is 5.50. The van der Waals surface area contributed by atoms with Gasteiger partial charge in [0.25, 0.3) is 0 Å². The predicted octanol–water partition coefficient (Wildman–Crippen LogP) is 2.74. The molecule has 0 spiro atoms. The van der Waals surface area contributed by atoms with Crippen LogP contribution in [0.4, 0.5) is 0 Å². The number of hydrogen-bond donors (Lipinski definition) is 1. The van der Waals surface area contributed by atoms with Gasteiger partial charge in [0.2, 0.25) is 0 Å². The van der Waals surface area contributed by atoms with Crippen LogP contribution < -0.4 is 10.1 Å². The van der Waals surface area contributed by atoms with Gasteiger partial charge in [-0.15, -0.1) is 0 Å². The fourth-order valence-electron chi connectivity index (χ4n) is 4.93. The first-order valence-electron chi connectivity index (χ1n) is 8.94. The maximum Gasteiger partial charge on any atom is 0.312 e. The van der Waals surface area contributed by atoms with Crippen molar-refractivity contribution in [2.45, 2.75) is 52.6 Å². The van der Waals surface area contributed by atoms with Gasteiger partial charge in [-0.05, 0) is 36.2 Å². The SMILES string of the molecule is COc1ccccc1CNC(=O)C(=O)N1CC2(C)CC1CC(C)(C)C2. The molecule has 2 bridgehead atoms. The van der Waals surface area contributed by atoms with Gasteiger partial charge in [-0.1, -0.05) is 39.0 Å². The Hall–Kier alpha value is -2.04. The van der Waals surface area contributed by atoms with Gasteiger partial charge in [0, 0.05) is 24.7 Å². The van der Waals surface area contributed by atoms with Crippen LogP contribution in [0.15, 0.2) is 24.3 Å². The van der Waals surface area contributed by atoms with Crippen molar-refractivity contribution in [3.63, 3.8) is 0 Å². The molecule has 2 amide bonds. The van der Waals surface area contributed by atoms with Crippen molar-refractivity contribution in [2.75, 3.05) is 13.7 Å². The minimum Gasteiger partial charge on any atom is -0.496 e. The molecular formula is C20H28N2O3. The highest BCUT2D eigenvalue weighted by Gasteiger charge is 2.51. The van der Waals surface area contributed by atoms with Gasteiger partial charge >= 0.3 is 11.8 Å². The van der Waals surface area contributed by atoms with Gasteiger partial charge in [0.05, 0.1) is 7.11 Å². The van der Waals surface area contributed by atoms with Crippen molar-refractivity contribution < 1.29 is 14.3 Å². The van der Waals surface area contributed by atoms with E-state index in [2.05, 4.69) is 26.1 Å². The monoisotopic (exact) mass is 344 g/mol. The maximum atomic E-state index is 12.7. The van der Waals surface area contributed by atoms with Gasteiger partial charge in [0.1, 0.15) is 5.75 Å². The molecule has 1 heterocycles. The number of rotatable bonds is 3. The van der Waals surface area contributed by atoms with Crippen LogP contribution in [0.3, 0.4) is 0 Å². The van der Waals surface area contributed by atoms with E-state index >= 15 is 0 Å². The molecular weight excluding hydrogens is 316 g/mol. The van der Waals surface area contributed by atoms with Crippen LogP contribution in [0, 0.1) is 10.8 Å². The van der Waals surface area contributed by atoms with E-state index in [0.717, 1.165) is 24.8 Å². The largest absolute Gasteiger partial charge is 0.496 e. The summed E-state index contributed by atoms with van der Waals surface area (Å²) in [5.74, 6) is -0.220. The summed E-state index contributed by atoms with van der Waals surface area (Å²) >= 11 is 0. The van der Waals surface area contributed by atoms with Crippen molar-refractivity contribution in [3.05, 3.63) is 29.8 Å². The molecule has 1 saturated carbocycles. The molecule has 1 aromatic carbocycles. The summed E-state index contributed by atoms with van der Waals surface area (Å²) in [5.41, 5.74) is 1.21. The molecule has 2 atom stereocenters. The van der Waals surface area contributed by atoms with Crippen molar-refractivity contribution in [1.29, 1.82) is 0 Å². The van der Waals surface area contributed by atoms with Crippen LogP contribution in [0.5, 0.6) is 5.75 Å². The maximum absolute atomic E-state index is 12.7. The van der Waals surface area contributed by atoms with Gasteiger partial charge in [-0.3, -0.25) is 9.59 Å². The van der Waals surface area contributed by atoms with Crippen LogP contribution in [0.2, 0.25) is 0 Å². The zero-order valence-corrected chi connectivity index (χ0v) is 15.6. The standard InChI is InChI=1S/C20H28N2O3/c1-19(2)9-15-10-20(3,12-19)13-22(15)18(24)17(23)21-11-14-7-5-6-8-16(14)25-4/h5-8,15H,9-13H2,1-4H3,(H,21,23). The normalized spacial score (nSPS) is 27.0. The first-order valence-corrected chi connectivity index (χ1v) is 8.94. The molecule has 1 aliphatic heterocycles. The zero-order valence-electron chi connectivity index (χ0n) is 15.6. The second-order valence-electron chi connectivity index (χ2n) is 8.64. The molecule has 2 aliphatic rings. The Kier molecular flexibility index (Phi) is 4.52. The van der Waals surface area contributed by atoms with Crippen LogP contribution in [0.25, 0.3) is 0 Å². The molecule has 0 aromatic heterocycles. The van der Waals surface area contributed by atoms with E-state index in [9.17, 15) is 9.59 Å². The quantitative estimate of drug-likeness (QED) is 0.858. The first-order chi connectivity index (χ1) is 11.7. The molecule has 1 saturated heterocycles. The van der Waals surface area contributed by atoms with Crippen LogP contribution in [-0.4, -0.2) is 36.4 Å². The molecule has 5 nitrogen and oxygen atoms in total. The summed E-state index contributed by atoms with van der Waals surface area (Å²) in [7, 11) is 1.60. The first kappa shape index (κ1) is 17.8. The predicted molar refractivity (Wildman–Crippen MR) is 96.1 cm³/mol. The number of likely N-dealkylation sites (tertiary alicyclic amines) is 1. The van der Waals surface area contributed by atoms with E-state index in [1.54, 1.807) is 12.0 Å². The number of nitrogens with one attached hydrogen (secondary N) is 1. The zero-order chi connectivity index (χ0) is 18.2. The summed E-state index contributed by atoms with van der Waals surface area (Å²) in [4.78, 5) is 26.9. The van der Waals surface area contributed by atoms with E-state index < -0.39 is 11.8 Å². The number of hydrogen-bond acceptors (Lipinski definition) is 3. The van der Waals surface area contributed by atoms with E-state index in [4.69, 9.17) is 4.74 Å². The molecule has 5 heteroatoms. The van der Waals surface area contributed by atoms with Gasteiger partial charge < -0.3 is 15.0 Å². The van der Waals surface area contributed by atoms with Crippen molar-refractivity contribution >= 4 is 11.8 Å². The average molecular weight is 344 g/mol. The molecule has 3 rings (SSSR count). The highest BCUT2D eigenvalue weighted by atomic mass is 16.5. The lowest BCUT2D eigenvalue weighted by Crippen LogP contribution is -2.45. The fraction of sp³-hybridized carbons (Fsp3) is 0.600. The molecule has 2 unspecified atom stereocenters. The molecule has 1 aliphatic carbocycles. The number of fused-ring (bicyclic) bond motifs is 2. The molecule has 1 aromatic rings. The Morgan fingerprint density at radius 3 is 2.68 bits per heavy atom. The molecule has 0 radical (unpaired) electrons. The third kappa shape index (κ3) is 3.65. The van der Waals surface area contributed by atoms with Crippen molar-refractivity contribution in [1.82, 2.24) is 10.2 Å². The minimum absolute atomic E-state index is 0.130. The van der Waals surface area contributed by atoms with Gasteiger partial charge in [-0.2, -0.15) is 0 Å². The van der Waals surface area contributed by atoms with Crippen LogP contribution in [0.1, 0.15) is 45.6 Å². The van der Waals surface area contributed by atoms with E-state index in [1.165, 1.54) is 0 Å². The lowest BCUT2D eigenvalue weighted by atomic mass is 9.65. The number of carbonyl (C=O) groups is 2. The van der Waals surface area contributed by atoms with Crippen molar-refractivity contribution in [3.8, 4) is 5.75 Å². The summed E-state index contributed by atoms with van der Waals surface area (Å²) in [6.07, 6.45) is 3.07. The number of ether oxygens (including phenoxy) is 1. The Bertz CT molecular complexity index is 685. The summed E-state index contributed by atoms with van der Waals surface area (Å²) < 4.78 is 5.28. The average Bonchev–Trinajstić information content (AvgIpc) is 2.80. The summed E-state index contributed by atoms with van der Waals surface area (Å²) in [6.45, 7) is 7.72. The van der Waals surface area contributed by atoms with Gasteiger partial charge in [-0.25, -0.2) is 0 Å². The number of benzene rings is 1. The lowest BCUT2D eigenvalue weighted by Gasteiger charge is -2.39. The highest BCUT2D eigenvalue weighted by Crippen LogP contribution is 2.52. The van der Waals surface area contributed by atoms with E-state index in [-0.39, 0.29) is 23.4 Å². The number of nitrogens with zero attached hydrogens (tertiary/aromatic N) is 1. The summed E-state index contributed by atoms with van der Waals surface area (Å²) in [5, 5.41) is 2.75. The van der Waals surface area contributed by atoms with Crippen molar-refractivity contribution in [2.24, 2.45) is 10.8 Å². The molecule has 2 fully saturated rings. The van der Waals surface area contributed by atoms with Gasteiger partial charge in [0.15, 0.2) is 0 Å². The number of carbonyl (C=O) groups excluding carboxylic acids is 2. The minimum atomic E-state index is -0.528. The Balaban J connectivity index is 1.64. The second-order valence-corrected chi connectivity index (χ2v) is 8.64. The number of amides is 2. The Labute approximate surface area is 149 Å². The molecule has 1 N–H and O–H groups in total. The van der Waals surface area contributed by atoms with E-state index in [1.807, 2.05) is 24.3 Å². The second kappa shape index (κ2) is 6.36. The molecule has 136 valence electrons. The Morgan fingerprint density at radius 2 is 1.96 bits per heavy atom. The molecule has 25 heavy (non-hydrogen) atoms.